The summed E-state index contributed by atoms with van der Waals surface area (Å²) >= 11 is 0. The van der Waals surface area contributed by atoms with Crippen LogP contribution in [0.25, 0.3) is 22.4 Å². The second kappa shape index (κ2) is 7.63. The minimum absolute atomic E-state index is 0.0963. The van der Waals surface area contributed by atoms with Crippen molar-refractivity contribution in [2.24, 2.45) is 0 Å². The van der Waals surface area contributed by atoms with E-state index in [9.17, 15) is 14.3 Å². The van der Waals surface area contributed by atoms with Crippen molar-refractivity contribution < 1.29 is 14.3 Å². The van der Waals surface area contributed by atoms with E-state index in [1.165, 1.54) is 12.1 Å². The highest BCUT2D eigenvalue weighted by molar-refractivity contribution is 5.98. The monoisotopic (exact) mass is 419 g/mol. The Morgan fingerprint density at radius 1 is 1.16 bits per heavy atom. The van der Waals surface area contributed by atoms with Crippen molar-refractivity contribution in [3.8, 4) is 17.3 Å². The largest absolute Gasteiger partial charge is 0.504 e. The molecule has 1 aliphatic heterocycles. The van der Waals surface area contributed by atoms with Gasteiger partial charge in [0.2, 0.25) is 5.91 Å². The average molecular weight is 419 g/mol. The van der Waals surface area contributed by atoms with Gasteiger partial charge in [-0.25, -0.2) is 9.37 Å². The molecule has 0 bridgehead atoms. The summed E-state index contributed by atoms with van der Waals surface area (Å²) in [5.41, 5.74) is 1.43. The van der Waals surface area contributed by atoms with Gasteiger partial charge in [-0.15, -0.1) is 10.2 Å². The van der Waals surface area contributed by atoms with E-state index in [1.807, 2.05) is 4.90 Å². The molecule has 1 fully saturated rings. The Morgan fingerprint density at radius 3 is 2.81 bits per heavy atom. The molecule has 31 heavy (non-hydrogen) atoms. The molecule has 9 nitrogen and oxygen atoms in total. The van der Waals surface area contributed by atoms with Crippen LogP contribution < -0.4 is 10.2 Å². The van der Waals surface area contributed by atoms with E-state index in [0.29, 0.717) is 42.1 Å². The molecule has 156 valence electrons. The molecule has 4 aromatic rings. The SMILES string of the molecule is O=C1CN(c2nc(-c3nnc(Cc4ccc(F)cc4)[nH]3)c(O)c3ncccc23)CCN1. The van der Waals surface area contributed by atoms with Crippen molar-refractivity contribution in [1.82, 2.24) is 30.5 Å². The zero-order chi connectivity index (χ0) is 21.4. The third-order valence-electron chi connectivity index (χ3n) is 5.10. The number of nitrogens with one attached hydrogen (secondary N) is 2. The van der Waals surface area contributed by atoms with Crippen LogP contribution in [0, 0.1) is 5.82 Å². The number of carbonyl (C=O) groups is 1. The highest BCUT2D eigenvalue weighted by Gasteiger charge is 2.24. The maximum atomic E-state index is 13.1. The number of benzene rings is 1. The van der Waals surface area contributed by atoms with Crippen molar-refractivity contribution >= 4 is 22.6 Å². The first-order valence-corrected chi connectivity index (χ1v) is 9.74. The van der Waals surface area contributed by atoms with Crippen LogP contribution in [0.2, 0.25) is 0 Å². The molecular formula is C21H18FN7O2. The standard InChI is InChI=1S/C21H18FN7O2/c22-13-5-3-12(4-6-13)10-15-25-20(28-27-15)18-19(31)17-14(2-1-7-24-17)21(26-18)29-9-8-23-16(30)11-29/h1-7,31H,8-11H2,(H,23,30)(H,25,27,28). The fourth-order valence-corrected chi connectivity index (χ4v) is 3.61. The maximum absolute atomic E-state index is 13.1. The Balaban J connectivity index is 1.55. The Morgan fingerprint density at radius 2 is 2.00 bits per heavy atom. The summed E-state index contributed by atoms with van der Waals surface area (Å²) in [7, 11) is 0. The summed E-state index contributed by atoms with van der Waals surface area (Å²) in [4.78, 5) is 25.8. The number of piperazine rings is 1. The smallest absolute Gasteiger partial charge is 0.239 e. The molecule has 1 amide bonds. The summed E-state index contributed by atoms with van der Waals surface area (Å²) in [5.74, 6) is 0.847. The van der Waals surface area contributed by atoms with Crippen LogP contribution in [0.3, 0.4) is 0 Å². The van der Waals surface area contributed by atoms with Gasteiger partial charge < -0.3 is 20.3 Å². The molecule has 10 heteroatoms. The number of fused-ring (bicyclic) bond motifs is 1. The highest BCUT2D eigenvalue weighted by Crippen LogP contribution is 2.36. The third kappa shape index (κ3) is 3.63. The fraction of sp³-hybridized carbons (Fsp3) is 0.190. The summed E-state index contributed by atoms with van der Waals surface area (Å²) in [6, 6.07) is 9.68. The third-order valence-corrected chi connectivity index (χ3v) is 5.10. The molecule has 4 heterocycles. The van der Waals surface area contributed by atoms with Gasteiger partial charge in [-0.2, -0.15) is 0 Å². The number of hydrogen-bond acceptors (Lipinski definition) is 7. The Kier molecular flexibility index (Phi) is 4.66. The molecule has 0 unspecified atom stereocenters. The zero-order valence-electron chi connectivity index (χ0n) is 16.3. The van der Waals surface area contributed by atoms with Gasteiger partial charge >= 0.3 is 0 Å². The number of nitrogens with zero attached hydrogens (tertiary/aromatic N) is 5. The van der Waals surface area contributed by atoms with Gasteiger partial charge in [-0.05, 0) is 29.8 Å². The molecule has 0 atom stereocenters. The van der Waals surface area contributed by atoms with E-state index in [1.54, 1.807) is 30.5 Å². The molecule has 1 aliphatic rings. The van der Waals surface area contributed by atoms with E-state index >= 15 is 0 Å². The van der Waals surface area contributed by atoms with Gasteiger partial charge in [0.15, 0.2) is 17.3 Å². The van der Waals surface area contributed by atoms with Crippen molar-refractivity contribution in [2.75, 3.05) is 24.5 Å². The van der Waals surface area contributed by atoms with Crippen LogP contribution >= 0.6 is 0 Å². The first-order chi connectivity index (χ1) is 15.1. The minimum Gasteiger partial charge on any atom is -0.504 e. The number of rotatable bonds is 4. The second-order valence-electron chi connectivity index (χ2n) is 7.23. The summed E-state index contributed by atoms with van der Waals surface area (Å²) in [6.45, 7) is 1.25. The van der Waals surface area contributed by atoms with Gasteiger partial charge in [0.25, 0.3) is 0 Å². The number of aromatic hydroxyl groups is 1. The molecule has 1 aromatic carbocycles. The van der Waals surface area contributed by atoms with E-state index < -0.39 is 0 Å². The number of carbonyl (C=O) groups excluding carboxylic acids is 1. The van der Waals surface area contributed by atoms with Crippen LogP contribution in [0.1, 0.15) is 11.4 Å². The van der Waals surface area contributed by atoms with Crippen molar-refractivity contribution in [3.05, 3.63) is 59.8 Å². The van der Waals surface area contributed by atoms with E-state index in [2.05, 4.69) is 30.5 Å². The van der Waals surface area contributed by atoms with E-state index in [4.69, 9.17) is 0 Å². The molecule has 0 spiro atoms. The first kappa shape index (κ1) is 18.9. The molecule has 0 radical (unpaired) electrons. The first-order valence-electron chi connectivity index (χ1n) is 9.74. The molecule has 1 saturated heterocycles. The highest BCUT2D eigenvalue weighted by atomic mass is 19.1. The number of H-pyrrole nitrogens is 1. The molecule has 3 N–H and O–H groups in total. The number of hydrogen-bond donors (Lipinski definition) is 3. The summed E-state index contributed by atoms with van der Waals surface area (Å²) < 4.78 is 13.1. The molecule has 5 rings (SSSR count). The lowest BCUT2D eigenvalue weighted by atomic mass is 10.1. The molecule has 3 aromatic heterocycles. The van der Waals surface area contributed by atoms with Gasteiger partial charge in [-0.1, -0.05) is 12.1 Å². The lowest BCUT2D eigenvalue weighted by molar-refractivity contribution is -0.120. The Labute approximate surface area is 176 Å². The number of halogens is 1. The number of aromatic amines is 1. The van der Waals surface area contributed by atoms with Gasteiger partial charge in [-0.3, -0.25) is 9.78 Å². The maximum Gasteiger partial charge on any atom is 0.239 e. The Hall–Kier alpha value is -4.08. The summed E-state index contributed by atoms with van der Waals surface area (Å²) in [5, 5.41) is 22.6. The number of amides is 1. The van der Waals surface area contributed by atoms with E-state index in [-0.39, 0.29) is 35.5 Å². The normalized spacial score (nSPS) is 14.1. The van der Waals surface area contributed by atoms with E-state index in [0.717, 1.165) is 5.56 Å². The van der Waals surface area contributed by atoms with Crippen LogP contribution in [0.5, 0.6) is 5.75 Å². The average Bonchev–Trinajstić information content (AvgIpc) is 3.24. The fourth-order valence-electron chi connectivity index (χ4n) is 3.61. The predicted molar refractivity (Wildman–Crippen MR) is 111 cm³/mol. The number of anilines is 1. The van der Waals surface area contributed by atoms with Gasteiger partial charge in [0.1, 0.15) is 23.0 Å². The lowest BCUT2D eigenvalue weighted by Gasteiger charge is -2.28. The zero-order valence-corrected chi connectivity index (χ0v) is 16.3. The van der Waals surface area contributed by atoms with Crippen molar-refractivity contribution in [1.29, 1.82) is 0 Å². The van der Waals surface area contributed by atoms with Gasteiger partial charge in [0, 0.05) is 31.1 Å². The van der Waals surface area contributed by atoms with Crippen molar-refractivity contribution in [2.45, 2.75) is 6.42 Å². The lowest BCUT2D eigenvalue weighted by Crippen LogP contribution is -2.48. The number of aromatic nitrogens is 5. The predicted octanol–water partition coefficient (Wildman–Crippen LogP) is 1.79. The van der Waals surface area contributed by atoms with Crippen LogP contribution in [0.4, 0.5) is 10.2 Å². The Bertz CT molecular complexity index is 1270. The van der Waals surface area contributed by atoms with Gasteiger partial charge in [0.05, 0.1) is 6.54 Å². The van der Waals surface area contributed by atoms with Crippen LogP contribution in [-0.2, 0) is 11.2 Å². The van der Waals surface area contributed by atoms with Crippen LogP contribution in [-0.4, -0.2) is 55.8 Å². The second-order valence-corrected chi connectivity index (χ2v) is 7.23. The minimum atomic E-state index is -0.307. The quantitative estimate of drug-likeness (QED) is 0.461. The number of pyridine rings is 2. The summed E-state index contributed by atoms with van der Waals surface area (Å²) in [6.07, 6.45) is 2.00. The molecule has 0 aliphatic carbocycles. The molecule has 0 saturated carbocycles. The topological polar surface area (TPSA) is 120 Å². The van der Waals surface area contributed by atoms with Crippen LogP contribution in [0.15, 0.2) is 42.6 Å². The molecular weight excluding hydrogens is 401 g/mol. The van der Waals surface area contributed by atoms with Crippen molar-refractivity contribution in [3.63, 3.8) is 0 Å².